The van der Waals surface area contributed by atoms with Crippen molar-refractivity contribution in [1.29, 1.82) is 0 Å². The molecule has 0 radical (unpaired) electrons. The predicted molar refractivity (Wildman–Crippen MR) is 135 cm³/mol. The highest BCUT2D eigenvalue weighted by Gasteiger charge is 2.62. The Kier molecular flexibility index (Phi) is 7.72. The van der Waals surface area contributed by atoms with Crippen LogP contribution in [-0.2, 0) is 14.9 Å². The van der Waals surface area contributed by atoms with E-state index in [9.17, 15) is 23.4 Å². The first-order chi connectivity index (χ1) is 16.3. The molecule has 4 rings (SSSR count). The number of fused-ring (bicyclic) bond motifs is 5. The Labute approximate surface area is 211 Å². The Balaban J connectivity index is 1.40. The van der Waals surface area contributed by atoms with E-state index in [0.29, 0.717) is 41.9 Å². The third kappa shape index (κ3) is 5.19. The molecule has 35 heavy (non-hydrogen) atoms. The number of hydrogen-bond acceptors (Lipinski definition) is 5. The molecule has 3 N–H and O–H groups in total. The molecule has 4 saturated carbocycles. The van der Waals surface area contributed by atoms with Crippen molar-refractivity contribution in [3.63, 3.8) is 0 Å². The minimum atomic E-state index is -4.07. The molecule has 8 heteroatoms. The second-order valence-corrected chi connectivity index (χ2v) is 14.6. The Morgan fingerprint density at radius 2 is 1.69 bits per heavy atom. The number of aliphatic hydroxyl groups excluding tert-OH is 2. The third-order valence-corrected chi connectivity index (χ3v) is 12.0. The number of aliphatic hydroxyl groups is 2. The van der Waals surface area contributed by atoms with Gasteiger partial charge in [0.05, 0.1) is 18.0 Å². The first kappa shape index (κ1) is 27.3. The van der Waals surface area contributed by atoms with Crippen LogP contribution in [0.5, 0.6) is 0 Å². The smallest absolute Gasteiger partial charge is 0.266 e. The lowest BCUT2D eigenvalue weighted by Gasteiger charge is -2.62. The van der Waals surface area contributed by atoms with Crippen molar-refractivity contribution >= 4 is 16.0 Å². The van der Waals surface area contributed by atoms with Gasteiger partial charge in [-0.15, -0.1) is 0 Å². The van der Waals surface area contributed by atoms with Crippen LogP contribution in [0.1, 0.15) is 85.0 Å². The largest absolute Gasteiger partial charge is 0.393 e. The van der Waals surface area contributed by atoms with E-state index in [0.717, 1.165) is 51.4 Å². The van der Waals surface area contributed by atoms with Crippen LogP contribution in [0, 0.1) is 46.3 Å². The highest BCUT2D eigenvalue weighted by Crippen LogP contribution is 2.68. The van der Waals surface area contributed by atoms with Crippen molar-refractivity contribution in [1.82, 2.24) is 4.90 Å². The van der Waals surface area contributed by atoms with Gasteiger partial charge in [0.1, 0.15) is 0 Å². The molecule has 0 heterocycles. The summed E-state index contributed by atoms with van der Waals surface area (Å²) in [5, 5.41) is 21.7. The van der Waals surface area contributed by atoms with Crippen LogP contribution in [0.4, 0.5) is 0 Å². The molecule has 4 fully saturated rings. The quantitative estimate of drug-likeness (QED) is 0.447. The van der Waals surface area contributed by atoms with E-state index in [1.54, 1.807) is 7.05 Å². The van der Waals surface area contributed by atoms with Crippen LogP contribution in [0.15, 0.2) is 0 Å². The molecule has 7 nitrogen and oxygen atoms in total. The molecule has 0 aromatic rings. The number of carbonyl (C=O) groups excluding carboxylic acids is 1. The molecular weight excluding hydrogens is 466 g/mol. The van der Waals surface area contributed by atoms with E-state index < -0.39 is 15.9 Å². The van der Waals surface area contributed by atoms with Crippen molar-refractivity contribution in [3.05, 3.63) is 0 Å². The summed E-state index contributed by atoms with van der Waals surface area (Å²) in [5.74, 6) is 2.21. The topological polar surface area (TPSA) is 115 Å². The molecule has 0 aromatic carbocycles. The summed E-state index contributed by atoms with van der Waals surface area (Å²) in [4.78, 5) is 14.0. The third-order valence-electron chi connectivity index (χ3n) is 11.3. The molecule has 4 aliphatic carbocycles. The molecular formula is C27H47NO6S. The minimum Gasteiger partial charge on any atom is -0.393 e. The normalized spacial score (nSPS) is 44.1. The van der Waals surface area contributed by atoms with E-state index in [1.807, 2.05) is 0 Å². The SMILES string of the molecule is C[C@H](CCC(=O)N(C)CCS(=O)(=O)O)[C@H]1CCC2C3C(CC[C@@]21C)[C@@]1(C)CC[C@@H](O)CC1C[C@@H]3O. The molecule has 10 atom stereocenters. The Hall–Kier alpha value is -0.700. The van der Waals surface area contributed by atoms with Gasteiger partial charge in [-0.3, -0.25) is 9.35 Å². The van der Waals surface area contributed by atoms with Gasteiger partial charge in [-0.1, -0.05) is 20.8 Å². The number of amides is 1. The van der Waals surface area contributed by atoms with E-state index in [4.69, 9.17) is 4.55 Å². The zero-order valence-electron chi connectivity index (χ0n) is 22.0. The second kappa shape index (κ2) is 9.88. The van der Waals surface area contributed by atoms with Crippen LogP contribution >= 0.6 is 0 Å². The van der Waals surface area contributed by atoms with Crippen LogP contribution in [0.2, 0.25) is 0 Å². The fraction of sp³-hybridized carbons (Fsp3) is 0.963. The standard InChI is InChI=1S/C27H47NO6S/c1-17(5-8-24(31)28(4)13-14-35(32,33)34)20-6-7-21-25-22(10-12-27(20,21)3)26(2)11-9-19(29)15-18(26)16-23(25)30/h17-23,25,29-30H,5-16H2,1-4H3,(H,32,33,34)/t17-,18?,19-,20-,21?,22?,23+,25?,26+,27-/m1/s1. The van der Waals surface area contributed by atoms with E-state index in [-0.39, 0.29) is 35.5 Å². The molecule has 4 unspecified atom stereocenters. The zero-order chi connectivity index (χ0) is 25.8. The summed E-state index contributed by atoms with van der Waals surface area (Å²) in [7, 11) is -2.48. The van der Waals surface area contributed by atoms with Gasteiger partial charge < -0.3 is 15.1 Å². The molecule has 202 valence electrons. The van der Waals surface area contributed by atoms with E-state index in [1.165, 1.54) is 11.3 Å². The highest BCUT2D eigenvalue weighted by molar-refractivity contribution is 7.85. The van der Waals surface area contributed by atoms with Crippen LogP contribution < -0.4 is 0 Å². The van der Waals surface area contributed by atoms with Crippen LogP contribution in [0.25, 0.3) is 0 Å². The summed E-state index contributed by atoms with van der Waals surface area (Å²) in [5.41, 5.74) is 0.409. The number of nitrogens with zero attached hydrogens (tertiary/aromatic N) is 1. The van der Waals surface area contributed by atoms with Gasteiger partial charge in [-0.25, -0.2) is 0 Å². The lowest BCUT2D eigenvalue weighted by Crippen LogP contribution is -2.58. The van der Waals surface area contributed by atoms with Crippen molar-refractivity contribution in [2.24, 2.45) is 46.3 Å². The monoisotopic (exact) mass is 513 g/mol. The molecule has 0 bridgehead atoms. The fourth-order valence-corrected chi connectivity index (χ4v) is 9.80. The first-order valence-electron chi connectivity index (χ1n) is 13.8. The van der Waals surface area contributed by atoms with Gasteiger partial charge in [-0.05, 0) is 104 Å². The summed E-state index contributed by atoms with van der Waals surface area (Å²) < 4.78 is 30.9. The number of hydrogen-bond donors (Lipinski definition) is 3. The van der Waals surface area contributed by atoms with Gasteiger partial charge in [-0.2, -0.15) is 8.42 Å². The molecule has 4 aliphatic rings. The van der Waals surface area contributed by atoms with Crippen LogP contribution in [0.3, 0.4) is 0 Å². The highest BCUT2D eigenvalue weighted by atomic mass is 32.2. The van der Waals surface area contributed by atoms with Crippen molar-refractivity contribution < 1.29 is 28.0 Å². The van der Waals surface area contributed by atoms with Crippen molar-refractivity contribution in [2.75, 3.05) is 19.3 Å². The Morgan fingerprint density at radius 3 is 2.37 bits per heavy atom. The fourth-order valence-electron chi connectivity index (χ4n) is 9.30. The number of carbonyl (C=O) groups is 1. The Bertz CT molecular complexity index is 894. The van der Waals surface area contributed by atoms with Gasteiger partial charge >= 0.3 is 0 Å². The number of rotatable bonds is 7. The summed E-state index contributed by atoms with van der Waals surface area (Å²) in [6, 6.07) is 0. The average molecular weight is 514 g/mol. The summed E-state index contributed by atoms with van der Waals surface area (Å²) in [6.45, 7) is 7.14. The zero-order valence-corrected chi connectivity index (χ0v) is 22.8. The first-order valence-corrected chi connectivity index (χ1v) is 15.4. The molecule has 1 amide bonds. The van der Waals surface area contributed by atoms with E-state index >= 15 is 0 Å². The molecule has 0 aromatic heterocycles. The lowest BCUT2D eigenvalue weighted by atomic mass is 9.43. The van der Waals surface area contributed by atoms with Crippen LogP contribution in [-0.4, -0.2) is 65.5 Å². The summed E-state index contributed by atoms with van der Waals surface area (Å²) >= 11 is 0. The van der Waals surface area contributed by atoms with Gasteiger partial charge in [0, 0.05) is 20.0 Å². The summed E-state index contributed by atoms with van der Waals surface area (Å²) in [6.07, 6.45) is 8.91. The predicted octanol–water partition coefficient (Wildman–Crippen LogP) is 3.74. The van der Waals surface area contributed by atoms with Gasteiger partial charge in [0.15, 0.2) is 0 Å². The minimum absolute atomic E-state index is 0.00696. The van der Waals surface area contributed by atoms with Crippen molar-refractivity contribution in [2.45, 2.75) is 97.2 Å². The van der Waals surface area contributed by atoms with Crippen molar-refractivity contribution in [3.8, 4) is 0 Å². The maximum absolute atomic E-state index is 12.6. The molecule has 0 spiro atoms. The molecule has 0 aliphatic heterocycles. The maximum Gasteiger partial charge on any atom is 0.266 e. The van der Waals surface area contributed by atoms with Gasteiger partial charge in [0.25, 0.3) is 10.1 Å². The van der Waals surface area contributed by atoms with E-state index in [2.05, 4.69) is 20.8 Å². The average Bonchev–Trinajstić information content (AvgIpc) is 3.13. The maximum atomic E-state index is 12.6. The Morgan fingerprint density at radius 1 is 1.03 bits per heavy atom. The molecule has 0 saturated heterocycles. The second-order valence-electron chi connectivity index (χ2n) is 13.1. The lowest BCUT2D eigenvalue weighted by molar-refractivity contribution is -0.174. The van der Waals surface area contributed by atoms with Gasteiger partial charge in [0.2, 0.25) is 5.91 Å².